The van der Waals surface area contributed by atoms with Crippen molar-refractivity contribution in [2.45, 2.75) is 11.8 Å². The molecule has 7 heteroatoms. The van der Waals surface area contributed by atoms with Crippen molar-refractivity contribution in [3.05, 3.63) is 30.2 Å². The van der Waals surface area contributed by atoms with E-state index in [2.05, 4.69) is 10.1 Å². The Morgan fingerprint density at radius 1 is 1.25 bits per heavy atom. The van der Waals surface area contributed by atoms with Gasteiger partial charge in [-0.15, -0.1) is 0 Å². The summed E-state index contributed by atoms with van der Waals surface area (Å²) in [5, 5.41) is 8.68. The second-order valence-corrected chi connectivity index (χ2v) is 4.77. The molecular formula is C9H9N3O3S. The Labute approximate surface area is 92.1 Å². The zero-order valence-electron chi connectivity index (χ0n) is 8.41. The summed E-state index contributed by atoms with van der Waals surface area (Å²) in [5.41, 5.74) is 0.671. The minimum Gasteiger partial charge on any atom is -0.339 e. The van der Waals surface area contributed by atoms with E-state index in [9.17, 15) is 8.42 Å². The Morgan fingerprint density at radius 2 is 1.88 bits per heavy atom. The highest BCUT2D eigenvalue weighted by Gasteiger charge is 2.09. The lowest BCUT2D eigenvalue weighted by Crippen LogP contribution is -2.11. The summed E-state index contributed by atoms with van der Waals surface area (Å²) in [6.45, 7) is 1.68. The minimum atomic E-state index is -3.66. The molecule has 2 rings (SSSR count). The van der Waals surface area contributed by atoms with Crippen molar-refractivity contribution < 1.29 is 12.9 Å². The molecule has 1 aromatic heterocycles. The van der Waals surface area contributed by atoms with Crippen LogP contribution in [0.2, 0.25) is 0 Å². The number of benzene rings is 1. The third-order valence-corrected chi connectivity index (χ3v) is 2.90. The van der Waals surface area contributed by atoms with Crippen molar-refractivity contribution in [1.82, 2.24) is 10.1 Å². The lowest BCUT2D eigenvalue weighted by molar-refractivity contribution is 0.394. The van der Waals surface area contributed by atoms with Crippen LogP contribution >= 0.6 is 0 Å². The van der Waals surface area contributed by atoms with E-state index in [0.717, 1.165) is 0 Å². The van der Waals surface area contributed by atoms with E-state index in [-0.39, 0.29) is 4.90 Å². The molecule has 0 spiro atoms. The van der Waals surface area contributed by atoms with Crippen molar-refractivity contribution in [3.63, 3.8) is 0 Å². The van der Waals surface area contributed by atoms with Gasteiger partial charge in [0.15, 0.2) is 0 Å². The Hall–Kier alpha value is -1.73. The molecule has 84 valence electrons. The number of sulfonamides is 1. The fourth-order valence-corrected chi connectivity index (χ4v) is 1.73. The highest BCUT2D eigenvalue weighted by molar-refractivity contribution is 7.89. The van der Waals surface area contributed by atoms with Crippen LogP contribution in [0.15, 0.2) is 33.7 Å². The average molecular weight is 239 g/mol. The zero-order valence-corrected chi connectivity index (χ0v) is 9.23. The first-order valence-corrected chi connectivity index (χ1v) is 5.95. The molecule has 0 amide bonds. The number of nitrogens with zero attached hydrogens (tertiary/aromatic N) is 2. The summed E-state index contributed by atoms with van der Waals surface area (Å²) < 4.78 is 26.8. The van der Waals surface area contributed by atoms with Crippen LogP contribution in [0, 0.1) is 6.92 Å². The molecule has 1 heterocycles. The Balaban J connectivity index is 2.40. The molecule has 0 radical (unpaired) electrons. The van der Waals surface area contributed by atoms with Crippen molar-refractivity contribution in [3.8, 4) is 11.4 Å². The lowest BCUT2D eigenvalue weighted by Gasteiger charge is -1.98. The summed E-state index contributed by atoms with van der Waals surface area (Å²) in [6.07, 6.45) is 0. The smallest absolute Gasteiger partial charge is 0.238 e. The van der Waals surface area contributed by atoms with Gasteiger partial charge in [-0.1, -0.05) is 5.16 Å². The summed E-state index contributed by atoms with van der Waals surface area (Å²) in [6, 6.07) is 5.95. The zero-order chi connectivity index (χ0) is 11.8. The fourth-order valence-electron chi connectivity index (χ4n) is 1.21. The molecule has 0 atom stereocenters. The molecule has 0 saturated heterocycles. The van der Waals surface area contributed by atoms with Crippen LogP contribution in [0.1, 0.15) is 5.89 Å². The minimum absolute atomic E-state index is 0.0523. The molecular weight excluding hydrogens is 230 g/mol. The molecule has 2 N–H and O–H groups in total. The SMILES string of the molecule is Cc1nc(-c2ccc(S(N)(=O)=O)cc2)no1. The van der Waals surface area contributed by atoms with Gasteiger partial charge >= 0.3 is 0 Å². The molecule has 0 aliphatic carbocycles. The monoisotopic (exact) mass is 239 g/mol. The number of aromatic nitrogens is 2. The van der Waals surface area contributed by atoms with Gasteiger partial charge in [-0.2, -0.15) is 4.98 Å². The maximum absolute atomic E-state index is 11.0. The number of aryl methyl sites for hydroxylation is 1. The van der Waals surface area contributed by atoms with Crippen molar-refractivity contribution in [1.29, 1.82) is 0 Å². The van der Waals surface area contributed by atoms with Crippen molar-refractivity contribution in [2.75, 3.05) is 0 Å². The maximum Gasteiger partial charge on any atom is 0.238 e. The van der Waals surface area contributed by atoms with Gasteiger partial charge in [0.2, 0.25) is 21.7 Å². The highest BCUT2D eigenvalue weighted by Crippen LogP contribution is 2.17. The van der Waals surface area contributed by atoms with Crippen LogP contribution in [0.4, 0.5) is 0 Å². The van der Waals surface area contributed by atoms with E-state index in [4.69, 9.17) is 9.66 Å². The molecule has 16 heavy (non-hydrogen) atoms. The van der Waals surface area contributed by atoms with Crippen LogP contribution in [0.25, 0.3) is 11.4 Å². The normalized spacial score (nSPS) is 11.6. The van der Waals surface area contributed by atoms with Crippen molar-refractivity contribution >= 4 is 10.0 Å². The molecule has 6 nitrogen and oxygen atoms in total. The third kappa shape index (κ3) is 2.10. The van der Waals surface area contributed by atoms with E-state index in [1.54, 1.807) is 19.1 Å². The molecule has 0 aliphatic rings. The van der Waals surface area contributed by atoms with Crippen molar-refractivity contribution in [2.24, 2.45) is 5.14 Å². The Kier molecular flexibility index (Phi) is 2.49. The van der Waals surface area contributed by atoms with Crippen LogP contribution in [-0.2, 0) is 10.0 Å². The largest absolute Gasteiger partial charge is 0.339 e. The van der Waals surface area contributed by atoms with E-state index >= 15 is 0 Å². The topological polar surface area (TPSA) is 99.1 Å². The Bertz CT molecular complexity index is 601. The number of nitrogens with two attached hydrogens (primary N) is 1. The Morgan fingerprint density at radius 3 is 2.31 bits per heavy atom. The summed E-state index contributed by atoms with van der Waals surface area (Å²) in [7, 11) is -3.66. The van der Waals surface area contributed by atoms with Gasteiger partial charge in [0.1, 0.15) is 0 Å². The molecule has 0 aliphatic heterocycles. The first kappa shape index (κ1) is 10.8. The van der Waals surface area contributed by atoms with Gasteiger partial charge in [-0.3, -0.25) is 0 Å². The highest BCUT2D eigenvalue weighted by atomic mass is 32.2. The van der Waals surface area contributed by atoms with E-state index in [1.807, 2.05) is 0 Å². The first-order chi connectivity index (χ1) is 7.47. The van der Waals surface area contributed by atoms with E-state index in [0.29, 0.717) is 17.3 Å². The van der Waals surface area contributed by atoms with Gasteiger partial charge in [-0.05, 0) is 24.3 Å². The van der Waals surface area contributed by atoms with Crippen LogP contribution in [0.5, 0.6) is 0 Å². The average Bonchev–Trinajstić information content (AvgIpc) is 2.64. The number of primary sulfonamides is 1. The molecule has 1 aromatic carbocycles. The summed E-state index contributed by atoms with van der Waals surface area (Å²) in [4.78, 5) is 4.07. The quantitative estimate of drug-likeness (QED) is 0.831. The number of rotatable bonds is 2. The third-order valence-electron chi connectivity index (χ3n) is 1.97. The standard InChI is InChI=1S/C9H9N3O3S/c1-6-11-9(12-15-6)7-2-4-8(5-3-7)16(10,13)14/h2-5H,1H3,(H2,10,13,14). The number of hydrogen-bond acceptors (Lipinski definition) is 5. The first-order valence-electron chi connectivity index (χ1n) is 4.40. The molecule has 0 fully saturated rings. The van der Waals surface area contributed by atoms with Gasteiger partial charge in [0.25, 0.3) is 0 Å². The van der Waals surface area contributed by atoms with E-state index in [1.165, 1.54) is 12.1 Å². The summed E-state index contributed by atoms with van der Waals surface area (Å²) in [5.74, 6) is 0.865. The second-order valence-electron chi connectivity index (χ2n) is 3.21. The van der Waals surface area contributed by atoms with Gasteiger partial charge in [0.05, 0.1) is 4.90 Å². The molecule has 0 bridgehead atoms. The fraction of sp³-hybridized carbons (Fsp3) is 0.111. The second kappa shape index (κ2) is 3.69. The van der Waals surface area contributed by atoms with E-state index < -0.39 is 10.0 Å². The van der Waals surface area contributed by atoms with Crippen LogP contribution in [0.3, 0.4) is 0 Å². The lowest BCUT2D eigenvalue weighted by atomic mass is 10.2. The van der Waals surface area contributed by atoms with Gasteiger partial charge in [-0.25, -0.2) is 13.6 Å². The predicted octanol–water partition coefficient (Wildman–Crippen LogP) is 0.692. The predicted molar refractivity (Wildman–Crippen MR) is 55.8 cm³/mol. The maximum atomic E-state index is 11.0. The molecule has 2 aromatic rings. The van der Waals surface area contributed by atoms with Crippen LogP contribution < -0.4 is 5.14 Å². The van der Waals surface area contributed by atoms with Gasteiger partial charge in [0, 0.05) is 12.5 Å². The summed E-state index contributed by atoms with van der Waals surface area (Å²) >= 11 is 0. The molecule has 0 saturated carbocycles. The van der Waals surface area contributed by atoms with Gasteiger partial charge < -0.3 is 4.52 Å². The molecule has 0 unspecified atom stereocenters. The van der Waals surface area contributed by atoms with Crippen LogP contribution in [-0.4, -0.2) is 18.6 Å². The number of hydrogen-bond donors (Lipinski definition) is 1.